The molecule has 0 aliphatic heterocycles. The van der Waals surface area contributed by atoms with E-state index in [9.17, 15) is 9.59 Å². The van der Waals surface area contributed by atoms with Crippen molar-refractivity contribution in [3.63, 3.8) is 0 Å². The van der Waals surface area contributed by atoms with Gasteiger partial charge in [0.05, 0.1) is 5.69 Å². The van der Waals surface area contributed by atoms with Crippen LogP contribution in [0.15, 0.2) is 6.20 Å². The van der Waals surface area contributed by atoms with Gasteiger partial charge in [0.2, 0.25) is 0 Å². The number of carbonyl (C=O) groups excluding carboxylic acids is 2. The number of ketones is 2. The molecule has 0 aromatic carbocycles. The van der Waals surface area contributed by atoms with Crippen LogP contribution < -0.4 is 0 Å². The second kappa shape index (κ2) is 12.8. The number of unbranched alkanes of at least 4 members (excludes halogenated alkanes) is 5. The molecule has 0 saturated heterocycles. The maximum atomic E-state index is 11.6. The predicted molar refractivity (Wildman–Crippen MR) is 105 cm³/mol. The molecule has 0 atom stereocenters. The maximum absolute atomic E-state index is 11.6. The molecule has 26 heavy (non-hydrogen) atoms. The molecule has 0 radical (unpaired) electrons. The Morgan fingerprint density at radius 2 is 1.38 bits per heavy atom. The van der Waals surface area contributed by atoms with Crippen LogP contribution in [0.3, 0.4) is 0 Å². The number of Topliss-reactive ketones (excluding diaryl/α,β-unsaturated/α-hetero) is 2. The smallest absolute Gasteiger partial charge is 0.135 e. The van der Waals surface area contributed by atoms with E-state index < -0.39 is 0 Å². The molecule has 5 nitrogen and oxygen atoms in total. The lowest BCUT2D eigenvalue weighted by molar-refractivity contribution is -0.122. The number of rotatable bonds is 15. The average molecular weight is 364 g/mol. The standard InChI is InChI=1S/C21H37N3O2/c1-17(2)20(25)13-9-6-5-8-12-19-16-24(23-22-19)15-11-7-10-14-21(26)18(3)4/h16-18H,5-15H2,1-4H3. The number of hydrogen-bond donors (Lipinski definition) is 0. The Morgan fingerprint density at radius 1 is 0.846 bits per heavy atom. The molecule has 1 heterocycles. The lowest BCUT2D eigenvalue weighted by Gasteiger charge is -2.04. The van der Waals surface area contributed by atoms with Crippen LogP contribution in [0, 0.1) is 11.8 Å². The third kappa shape index (κ3) is 9.83. The van der Waals surface area contributed by atoms with Crippen LogP contribution in [0.4, 0.5) is 0 Å². The fraction of sp³-hybridized carbons (Fsp3) is 0.810. The summed E-state index contributed by atoms with van der Waals surface area (Å²) in [5.74, 6) is 1.06. The molecule has 5 heteroatoms. The highest BCUT2D eigenvalue weighted by Gasteiger charge is 2.07. The Balaban J connectivity index is 2.06. The van der Waals surface area contributed by atoms with Gasteiger partial charge in [0, 0.05) is 37.4 Å². The zero-order chi connectivity index (χ0) is 19.4. The van der Waals surface area contributed by atoms with E-state index in [1.54, 1.807) is 0 Å². The van der Waals surface area contributed by atoms with Crippen LogP contribution in [-0.2, 0) is 22.6 Å². The van der Waals surface area contributed by atoms with E-state index in [1.807, 2.05) is 38.6 Å². The van der Waals surface area contributed by atoms with Gasteiger partial charge in [-0.2, -0.15) is 0 Å². The van der Waals surface area contributed by atoms with Gasteiger partial charge in [-0.1, -0.05) is 52.2 Å². The van der Waals surface area contributed by atoms with Crippen molar-refractivity contribution in [1.82, 2.24) is 15.0 Å². The maximum Gasteiger partial charge on any atom is 0.135 e. The van der Waals surface area contributed by atoms with E-state index in [4.69, 9.17) is 0 Å². The van der Waals surface area contributed by atoms with E-state index >= 15 is 0 Å². The molecule has 0 aliphatic rings. The predicted octanol–water partition coefficient (Wildman–Crippen LogP) is 4.78. The molecule has 1 aromatic rings. The van der Waals surface area contributed by atoms with Gasteiger partial charge in [-0.05, 0) is 32.1 Å². The Hall–Kier alpha value is -1.52. The topological polar surface area (TPSA) is 64.8 Å². The summed E-state index contributed by atoms with van der Waals surface area (Å²) >= 11 is 0. The van der Waals surface area contributed by atoms with Gasteiger partial charge in [-0.15, -0.1) is 5.10 Å². The molecule has 0 aliphatic carbocycles. The van der Waals surface area contributed by atoms with Crippen LogP contribution in [0.5, 0.6) is 0 Å². The van der Waals surface area contributed by atoms with Gasteiger partial charge in [-0.3, -0.25) is 14.3 Å². The number of nitrogens with zero attached hydrogens (tertiary/aromatic N) is 3. The molecule has 0 unspecified atom stereocenters. The Kier molecular flexibility index (Phi) is 11.1. The zero-order valence-electron chi connectivity index (χ0n) is 17.2. The Morgan fingerprint density at radius 3 is 1.96 bits per heavy atom. The third-order valence-corrected chi connectivity index (χ3v) is 4.79. The van der Waals surface area contributed by atoms with Crippen molar-refractivity contribution < 1.29 is 9.59 Å². The second-order valence-corrected chi connectivity index (χ2v) is 7.94. The first-order valence-electron chi connectivity index (χ1n) is 10.3. The second-order valence-electron chi connectivity index (χ2n) is 7.94. The molecule has 0 fully saturated rings. The van der Waals surface area contributed by atoms with E-state index in [1.165, 1.54) is 0 Å². The molecule has 0 bridgehead atoms. The first kappa shape index (κ1) is 22.5. The number of aryl methyl sites for hydroxylation is 2. The third-order valence-electron chi connectivity index (χ3n) is 4.79. The fourth-order valence-electron chi connectivity index (χ4n) is 2.85. The summed E-state index contributed by atoms with van der Waals surface area (Å²) in [6.07, 6.45) is 11.8. The summed E-state index contributed by atoms with van der Waals surface area (Å²) in [5, 5.41) is 8.43. The molecular formula is C21H37N3O2. The molecule has 0 saturated carbocycles. The van der Waals surface area contributed by atoms with Gasteiger partial charge in [-0.25, -0.2) is 0 Å². The van der Waals surface area contributed by atoms with Crippen molar-refractivity contribution in [3.05, 3.63) is 11.9 Å². The number of hydrogen-bond acceptors (Lipinski definition) is 4. The molecular weight excluding hydrogens is 326 g/mol. The molecule has 0 amide bonds. The molecule has 0 spiro atoms. The van der Waals surface area contributed by atoms with E-state index in [-0.39, 0.29) is 11.8 Å². The van der Waals surface area contributed by atoms with Gasteiger partial charge in [0.25, 0.3) is 0 Å². The Bertz CT molecular complexity index is 535. The van der Waals surface area contributed by atoms with Gasteiger partial charge in [0.15, 0.2) is 0 Å². The summed E-state index contributed by atoms with van der Waals surface area (Å²) in [4.78, 5) is 23.1. The van der Waals surface area contributed by atoms with E-state index in [0.29, 0.717) is 18.0 Å². The first-order valence-corrected chi connectivity index (χ1v) is 10.3. The summed E-state index contributed by atoms with van der Waals surface area (Å²) in [6.45, 7) is 8.74. The molecule has 0 N–H and O–H groups in total. The minimum atomic E-state index is 0.156. The largest absolute Gasteiger partial charge is 0.299 e. The molecule has 1 aromatic heterocycles. The van der Waals surface area contributed by atoms with Crippen LogP contribution >= 0.6 is 0 Å². The van der Waals surface area contributed by atoms with Gasteiger partial charge < -0.3 is 0 Å². The summed E-state index contributed by atoms with van der Waals surface area (Å²) < 4.78 is 1.92. The molecule has 148 valence electrons. The summed E-state index contributed by atoms with van der Waals surface area (Å²) in [5.41, 5.74) is 1.05. The highest BCUT2D eigenvalue weighted by molar-refractivity contribution is 5.80. The van der Waals surface area contributed by atoms with Crippen LogP contribution in [0.25, 0.3) is 0 Å². The van der Waals surface area contributed by atoms with Crippen LogP contribution in [-0.4, -0.2) is 26.6 Å². The van der Waals surface area contributed by atoms with Crippen molar-refractivity contribution in [3.8, 4) is 0 Å². The number of carbonyl (C=O) groups is 2. The lowest BCUT2D eigenvalue weighted by Crippen LogP contribution is -2.06. The lowest BCUT2D eigenvalue weighted by atomic mass is 10.0. The summed E-state index contributed by atoms with van der Waals surface area (Å²) in [7, 11) is 0. The monoisotopic (exact) mass is 363 g/mol. The highest BCUT2D eigenvalue weighted by Crippen LogP contribution is 2.10. The highest BCUT2D eigenvalue weighted by atomic mass is 16.1. The minimum absolute atomic E-state index is 0.156. The van der Waals surface area contributed by atoms with Gasteiger partial charge in [0.1, 0.15) is 11.6 Å². The quantitative estimate of drug-likeness (QED) is 0.421. The van der Waals surface area contributed by atoms with Crippen molar-refractivity contribution in [2.75, 3.05) is 0 Å². The van der Waals surface area contributed by atoms with Crippen molar-refractivity contribution in [1.29, 1.82) is 0 Å². The zero-order valence-corrected chi connectivity index (χ0v) is 17.2. The van der Waals surface area contributed by atoms with E-state index in [2.05, 4.69) is 10.3 Å². The van der Waals surface area contributed by atoms with Gasteiger partial charge >= 0.3 is 0 Å². The Labute approximate surface area is 158 Å². The van der Waals surface area contributed by atoms with Crippen LogP contribution in [0.2, 0.25) is 0 Å². The van der Waals surface area contributed by atoms with Crippen molar-refractivity contribution in [2.24, 2.45) is 11.8 Å². The summed E-state index contributed by atoms with van der Waals surface area (Å²) in [6, 6.07) is 0. The van der Waals surface area contributed by atoms with E-state index in [0.717, 1.165) is 70.0 Å². The normalized spacial score (nSPS) is 11.5. The molecule has 1 rings (SSSR count). The SMILES string of the molecule is CC(C)C(=O)CCCCCCc1cn(CCCCCC(=O)C(C)C)nn1. The minimum Gasteiger partial charge on any atom is -0.299 e. The number of aromatic nitrogens is 3. The van der Waals surface area contributed by atoms with Crippen LogP contribution in [0.1, 0.15) is 91.2 Å². The van der Waals surface area contributed by atoms with Crippen molar-refractivity contribution in [2.45, 2.75) is 98.4 Å². The first-order chi connectivity index (χ1) is 12.4. The average Bonchev–Trinajstić information content (AvgIpc) is 3.04. The fourth-order valence-corrected chi connectivity index (χ4v) is 2.85. The van der Waals surface area contributed by atoms with Crippen molar-refractivity contribution >= 4 is 11.6 Å².